The summed E-state index contributed by atoms with van der Waals surface area (Å²) < 4.78 is 11.1. The summed E-state index contributed by atoms with van der Waals surface area (Å²) >= 11 is 0. The van der Waals surface area contributed by atoms with Crippen LogP contribution >= 0.6 is 0 Å². The van der Waals surface area contributed by atoms with Crippen molar-refractivity contribution in [1.29, 1.82) is 0 Å². The van der Waals surface area contributed by atoms with E-state index < -0.39 is 6.04 Å². The number of pyridine rings is 1. The Hall–Kier alpha value is -4.40. The third-order valence-electron chi connectivity index (χ3n) is 7.48. The van der Waals surface area contributed by atoms with Gasteiger partial charge in [-0.25, -0.2) is 4.98 Å². The van der Waals surface area contributed by atoms with Gasteiger partial charge in [0.25, 0.3) is 0 Å². The maximum atomic E-state index is 14.0. The molecule has 0 spiro atoms. The number of hydrogen-bond acceptors (Lipinski definition) is 6. The lowest BCUT2D eigenvalue weighted by Crippen LogP contribution is -2.47. The van der Waals surface area contributed by atoms with Crippen LogP contribution in [0.1, 0.15) is 68.5 Å². The van der Waals surface area contributed by atoms with Gasteiger partial charge in [-0.3, -0.25) is 19.3 Å². The van der Waals surface area contributed by atoms with Crippen molar-refractivity contribution in [2.24, 2.45) is 0 Å². The lowest BCUT2D eigenvalue weighted by Gasteiger charge is -2.33. The lowest BCUT2D eigenvalue weighted by molar-refractivity contribution is -0.127. The van der Waals surface area contributed by atoms with Gasteiger partial charge in [-0.15, -0.1) is 0 Å². The summed E-state index contributed by atoms with van der Waals surface area (Å²) in [6.07, 6.45) is 7.30. The van der Waals surface area contributed by atoms with E-state index >= 15 is 0 Å². The second kappa shape index (κ2) is 13.3. The minimum absolute atomic E-state index is 0.0726. The lowest BCUT2D eigenvalue weighted by atomic mass is 9.94. The molecule has 1 saturated carbocycles. The van der Waals surface area contributed by atoms with Crippen LogP contribution in [-0.4, -0.2) is 35.5 Å². The zero-order valence-corrected chi connectivity index (χ0v) is 23.3. The number of benzene rings is 2. The Morgan fingerprint density at radius 1 is 0.951 bits per heavy atom. The molecule has 1 fully saturated rings. The molecule has 0 unspecified atom stereocenters. The number of aryl methyl sites for hydroxylation is 1. The van der Waals surface area contributed by atoms with Crippen LogP contribution in [0.25, 0.3) is 0 Å². The number of hydrogen-bond donors (Lipinski definition) is 2. The Morgan fingerprint density at radius 3 is 2.49 bits per heavy atom. The van der Waals surface area contributed by atoms with Gasteiger partial charge >= 0.3 is 0 Å². The number of nitrogens with zero attached hydrogens (tertiary/aromatic N) is 2. The summed E-state index contributed by atoms with van der Waals surface area (Å²) in [6.45, 7) is 2.08. The average Bonchev–Trinajstić information content (AvgIpc) is 3.45. The largest absolute Gasteiger partial charge is 0.454 e. The zero-order chi connectivity index (χ0) is 28.6. The first-order valence-electron chi connectivity index (χ1n) is 14.3. The Morgan fingerprint density at radius 2 is 1.73 bits per heavy atom. The van der Waals surface area contributed by atoms with Gasteiger partial charge in [-0.05, 0) is 56.0 Å². The fourth-order valence-electron chi connectivity index (χ4n) is 5.33. The second-order valence-corrected chi connectivity index (χ2v) is 10.6. The van der Waals surface area contributed by atoms with Crippen LogP contribution in [0, 0.1) is 6.92 Å². The molecule has 2 heterocycles. The Labute approximate surface area is 240 Å². The van der Waals surface area contributed by atoms with Crippen molar-refractivity contribution in [2.75, 3.05) is 17.0 Å². The van der Waals surface area contributed by atoms with E-state index in [1.165, 1.54) is 6.42 Å². The molecule has 3 amide bonds. The van der Waals surface area contributed by atoms with Gasteiger partial charge in [0.15, 0.2) is 11.5 Å². The summed E-state index contributed by atoms with van der Waals surface area (Å²) in [4.78, 5) is 46.2. The van der Waals surface area contributed by atoms with Gasteiger partial charge in [0, 0.05) is 36.8 Å². The number of aromatic nitrogens is 1. The minimum atomic E-state index is -0.896. The van der Waals surface area contributed by atoms with Gasteiger partial charge in [0.1, 0.15) is 11.9 Å². The normalized spacial score (nSPS) is 15.1. The predicted molar refractivity (Wildman–Crippen MR) is 156 cm³/mol. The SMILES string of the molecule is Cc1ccc([C@H](C(=O)NC2CCCCC2)N(C(=O)CCCC(=O)Nc2ccccn2)c2ccc3c(c2)OCO3)cc1. The van der Waals surface area contributed by atoms with Crippen molar-refractivity contribution in [3.63, 3.8) is 0 Å². The monoisotopic (exact) mass is 556 g/mol. The van der Waals surface area contributed by atoms with Crippen molar-refractivity contribution in [1.82, 2.24) is 10.3 Å². The predicted octanol–water partition coefficient (Wildman–Crippen LogP) is 5.45. The second-order valence-electron chi connectivity index (χ2n) is 10.6. The number of amides is 3. The number of nitrogens with one attached hydrogen (secondary N) is 2. The van der Waals surface area contributed by atoms with E-state index in [0.717, 1.165) is 31.2 Å². The number of rotatable bonds is 10. The van der Waals surface area contributed by atoms with Gasteiger partial charge in [0.05, 0.1) is 0 Å². The molecule has 2 aromatic carbocycles. The van der Waals surface area contributed by atoms with Crippen molar-refractivity contribution < 1.29 is 23.9 Å². The summed E-state index contributed by atoms with van der Waals surface area (Å²) in [6, 6.07) is 17.4. The number of anilines is 2. The van der Waals surface area contributed by atoms with Gasteiger partial charge in [-0.1, -0.05) is 55.2 Å². The van der Waals surface area contributed by atoms with E-state index in [0.29, 0.717) is 35.0 Å². The van der Waals surface area contributed by atoms with Crippen molar-refractivity contribution in [2.45, 2.75) is 70.4 Å². The number of ether oxygens (including phenoxy) is 2. The Kier molecular flexibility index (Phi) is 9.13. The summed E-state index contributed by atoms with van der Waals surface area (Å²) in [7, 11) is 0. The highest BCUT2D eigenvalue weighted by atomic mass is 16.7. The van der Waals surface area contributed by atoms with E-state index in [9.17, 15) is 14.4 Å². The molecule has 214 valence electrons. The maximum absolute atomic E-state index is 14.0. The molecule has 0 bridgehead atoms. The molecule has 0 radical (unpaired) electrons. The smallest absolute Gasteiger partial charge is 0.248 e. The van der Waals surface area contributed by atoms with Gasteiger partial charge in [-0.2, -0.15) is 0 Å². The van der Waals surface area contributed by atoms with E-state index in [1.54, 1.807) is 47.5 Å². The molecule has 9 nitrogen and oxygen atoms in total. The fraction of sp³-hybridized carbons (Fsp3) is 0.375. The number of carbonyl (C=O) groups is 3. The fourth-order valence-corrected chi connectivity index (χ4v) is 5.33. The van der Waals surface area contributed by atoms with E-state index in [1.807, 2.05) is 31.2 Å². The van der Waals surface area contributed by atoms with E-state index in [2.05, 4.69) is 15.6 Å². The summed E-state index contributed by atoms with van der Waals surface area (Å²) in [5.41, 5.74) is 2.30. The highest BCUT2D eigenvalue weighted by Gasteiger charge is 2.34. The average molecular weight is 557 g/mol. The molecule has 0 saturated heterocycles. The molecule has 3 aromatic rings. The van der Waals surface area contributed by atoms with E-state index in [4.69, 9.17) is 9.47 Å². The van der Waals surface area contributed by atoms with Gasteiger partial charge in [0.2, 0.25) is 24.5 Å². The third kappa shape index (κ3) is 7.22. The van der Waals surface area contributed by atoms with Crippen LogP contribution < -0.4 is 25.0 Å². The Bertz CT molecular complexity index is 1360. The van der Waals surface area contributed by atoms with Crippen LogP contribution in [-0.2, 0) is 14.4 Å². The molecule has 1 aliphatic heterocycles. The van der Waals surface area contributed by atoms with Crippen molar-refractivity contribution >= 4 is 29.2 Å². The summed E-state index contributed by atoms with van der Waals surface area (Å²) in [5.74, 6) is 0.857. The van der Waals surface area contributed by atoms with Crippen molar-refractivity contribution in [3.05, 3.63) is 78.0 Å². The molecular formula is C32H36N4O5. The van der Waals surface area contributed by atoms with Crippen molar-refractivity contribution in [3.8, 4) is 11.5 Å². The molecule has 1 aromatic heterocycles. The molecule has 2 N–H and O–H groups in total. The topological polar surface area (TPSA) is 110 Å². The standard InChI is InChI=1S/C32H36N4O5/c1-22-13-15-23(16-14-22)31(32(39)34-24-8-3-2-4-9-24)36(25-17-18-26-27(20-25)41-21-40-26)30(38)12-7-11-29(37)35-28-10-5-6-19-33-28/h5-6,10,13-20,24,31H,2-4,7-9,11-12,21H2,1H3,(H,34,39)(H,33,35,37)/t31-/m1/s1. The van der Waals surface area contributed by atoms with Crippen LogP contribution in [0.4, 0.5) is 11.5 Å². The molecular weight excluding hydrogens is 520 g/mol. The quantitative estimate of drug-likeness (QED) is 0.344. The molecule has 2 aliphatic rings. The molecule has 9 heteroatoms. The van der Waals surface area contributed by atoms with Crippen LogP contribution in [0.5, 0.6) is 11.5 Å². The van der Waals surface area contributed by atoms with Crippen LogP contribution in [0.2, 0.25) is 0 Å². The highest BCUT2D eigenvalue weighted by Crippen LogP contribution is 2.38. The van der Waals surface area contributed by atoms with Crippen LogP contribution in [0.3, 0.4) is 0 Å². The minimum Gasteiger partial charge on any atom is -0.454 e. The Balaban J connectivity index is 1.40. The highest BCUT2D eigenvalue weighted by molar-refractivity contribution is 6.02. The number of fused-ring (bicyclic) bond motifs is 1. The first-order chi connectivity index (χ1) is 20.0. The van der Waals surface area contributed by atoms with Crippen LogP contribution in [0.15, 0.2) is 66.9 Å². The van der Waals surface area contributed by atoms with Gasteiger partial charge < -0.3 is 20.1 Å². The molecule has 1 atom stereocenters. The van der Waals surface area contributed by atoms with E-state index in [-0.39, 0.29) is 43.4 Å². The number of carbonyl (C=O) groups excluding carboxylic acids is 3. The first kappa shape index (κ1) is 28.1. The molecule has 41 heavy (non-hydrogen) atoms. The molecule has 1 aliphatic carbocycles. The third-order valence-corrected chi connectivity index (χ3v) is 7.48. The maximum Gasteiger partial charge on any atom is 0.248 e. The summed E-state index contributed by atoms with van der Waals surface area (Å²) in [5, 5.41) is 5.98. The zero-order valence-electron chi connectivity index (χ0n) is 23.3. The molecule has 5 rings (SSSR count). The first-order valence-corrected chi connectivity index (χ1v) is 14.3.